The lowest BCUT2D eigenvalue weighted by atomic mass is 9.97. The Morgan fingerprint density at radius 2 is 1.87 bits per heavy atom. The zero-order valence-corrected chi connectivity index (χ0v) is 21.6. The number of amides is 1. The lowest BCUT2D eigenvalue weighted by Gasteiger charge is -2.21. The van der Waals surface area contributed by atoms with E-state index in [2.05, 4.69) is 15.7 Å². The third-order valence-corrected chi connectivity index (χ3v) is 6.78. The fraction of sp³-hybridized carbons (Fsp3) is 0.267. The van der Waals surface area contributed by atoms with Crippen LogP contribution in [-0.4, -0.2) is 29.3 Å². The van der Waals surface area contributed by atoms with Crippen LogP contribution < -0.4 is 21.1 Å². The molecule has 1 heterocycles. The van der Waals surface area contributed by atoms with Crippen LogP contribution in [0.3, 0.4) is 0 Å². The van der Waals surface area contributed by atoms with Gasteiger partial charge in [0.25, 0.3) is 5.91 Å². The molecule has 1 saturated carbocycles. The number of benzene rings is 3. The molecule has 1 amide bonds. The standard InChI is InChI=1S/C30H32FN5O2/c1-19-14-28(36(35-19)24-5-3-4-21(15-24)17-32)30(37)34-27-16-23(10-13-26(27)31)29(33-18-20-6-7-20)22-8-11-25(38-2)12-9-22/h3-5,8-16,20,29,33H,6-7,17-18,32H2,1-2H3,(H,34,37). The summed E-state index contributed by atoms with van der Waals surface area (Å²) in [6.07, 6.45) is 2.43. The Labute approximate surface area is 221 Å². The number of hydrogen-bond acceptors (Lipinski definition) is 5. The van der Waals surface area contributed by atoms with Gasteiger partial charge < -0.3 is 21.1 Å². The van der Waals surface area contributed by atoms with Gasteiger partial charge >= 0.3 is 0 Å². The van der Waals surface area contributed by atoms with Crippen molar-refractivity contribution in [1.82, 2.24) is 15.1 Å². The number of halogens is 1. The molecule has 1 atom stereocenters. The molecule has 3 aromatic carbocycles. The molecule has 7 nitrogen and oxygen atoms in total. The number of ether oxygens (including phenoxy) is 1. The highest BCUT2D eigenvalue weighted by Crippen LogP contribution is 2.32. The maximum Gasteiger partial charge on any atom is 0.274 e. The highest BCUT2D eigenvalue weighted by Gasteiger charge is 2.24. The minimum atomic E-state index is -0.509. The van der Waals surface area contributed by atoms with Crippen molar-refractivity contribution in [1.29, 1.82) is 0 Å². The van der Waals surface area contributed by atoms with Crippen molar-refractivity contribution >= 4 is 11.6 Å². The highest BCUT2D eigenvalue weighted by atomic mass is 19.1. The molecular formula is C30H32FN5O2. The molecule has 0 bridgehead atoms. The summed E-state index contributed by atoms with van der Waals surface area (Å²) in [6.45, 7) is 3.06. The number of carbonyl (C=O) groups is 1. The highest BCUT2D eigenvalue weighted by molar-refractivity contribution is 6.03. The quantitative estimate of drug-likeness (QED) is 0.273. The summed E-state index contributed by atoms with van der Waals surface area (Å²) in [4.78, 5) is 13.4. The third-order valence-electron chi connectivity index (χ3n) is 6.78. The van der Waals surface area contributed by atoms with Crippen LogP contribution in [0.4, 0.5) is 10.1 Å². The molecule has 8 heteroatoms. The van der Waals surface area contributed by atoms with Gasteiger partial charge in [0, 0.05) is 6.54 Å². The average Bonchev–Trinajstić information content (AvgIpc) is 3.69. The molecular weight excluding hydrogens is 481 g/mol. The Bertz CT molecular complexity index is 1430. The van der Waals surface area contributed by atoms with Gasteiger partial charge in [0.05, 0.1) is 30.2 Å². The number of rotatable bonds is 10. The van der Waals surface area contributed by atoms with Gasteiger partial charge in [-0.2, -0.15) is 5.10 Å². The van der Waals surface area contributed by atoms with Crippen LogP contribution in [0, 0.1) is 18.7 Å². The van der Waals surface area contributed by atoms with E-state index in [4.69, 9.17) is 10.5 Å². The Kier molecular flexibility index (Phi) is 7.53. The number of carbonyl (C=O) groups excluding carboxylic acids is 1. The number of hydrogen-bond donors (Lipinski definition) is 3. The monoisotopic (exact) mass is 513 g/mol. The van der Waals surface area contributed by atoms with E-state index in [-0.39, 0.29) is 11.7 Å². The smallest absolute Gasteiger partial charge is 0.274 e. The van der Waals surface area contributed by atoms with Gasteiger partial charge in [-0.1, -0.05) is 30.3 Å². The predicted molar refractivity (Wildman–Crippen MR) is 146 cm³/mol. The minimum Gasteiger partial charge on any atom is -0.497 e. The molecule has 4 aromatic rings. The number of nitrogens with zero attached hydrogens (tertiary/aromatic N) is 2. The van der Waals surface area contributed by atoms with E-state index in [1.54, 1.807) is 30.0 Å². The van der Waals surface area contributed by atoms with E-state index >= 15 is 0 Å². The molecule has 5 rings (SSSR count). The molecule has 0 radical (unpaired) electrons. The molecule has 1 fully saturated rings. The first-order valence-electron chi connectivity index (χ1n) is 12.8. The fourth-order valence-electron chi connectivity index (χ4n) is 4.51. The summed E-state index contributed by atoms with van der Waals surface area (Å²) in [7, 11) is 1.63. The van der Waals surface area contributed by atoms with Crippen LogP contribution in [0.15, 0.2) is 72.8 Å². The second kappa shape index (κ2) is 11.2. The summed E-state index contributed by atoms with van der Waals surface area (Å²) in [6, 6.07) is 21.7. The third kappa shape index (κ3) is 5.77. The van der Waals surface area contributed by atoms with Crippen LogP contribution in [0.5, 0.6) is 5.75 Å². The normalized spacial score (nSPS) is 13.8. The zero-order chi connectivity index (χ0) is 26.6. The van der Waals surface area contributed by atoms with Crippen molar-refractivity contribution in [2.75, 3.05) is 19.0 Å². The Balaban J connectivity index is 1.43. The first kappa shape index (κ1) is 25.6. The van der Waals surface area contributed by atoms with Gasteiger partial charge in [-0.3, -0.25) is 4.79 Å². The molecule has 0 spiro atoms. The van der Waals surface area contributed by atoms with Gasteiger partial charge in [0.15, 0.2) is 0 Å². The van der Waals surface area contributed by atoms with Gasteiger partial charge in [-0.25, -0.2) is 9.07 Å². The van der Waals surface area contributed by atoms with E-state index in [1.807, 2.05) is 55.5 Å². The molecule has 1 aromatic heterocycles. The summed E-state index contributed by atoms with van der Waals surface area (Å²) in [5, 5.41) is 10.9. The van der Waals surface area contributed by atoms with E-state index in [0.717, 1.165) is 29.0 Å². The van der Waals surface area contributed by atoms with Crippen molar-refractivity contribution < 1.29 is 13.9 Å². The van der Waals surface area contributed by atoms with Crippen LogP contribution in [0.2, 0.25) is 0 Å². The van der Waals surface area contributed by atoms with E-state index < -0.39 is 11.7 Å². The van der Waals surface area contributed by atoms with Gasteiger partial charge in [0.2, 0.25) is 0 Å². The van der Waals surface area contributed by atoms with E-state index in [0.29, 0.717) is 29.5 Å². The van der Waals surface area contributed by atoms with Crippen molar-refractivity contribution in [3.05, 3.63) is 107 Å². The first-order valence-corrected chi connectivity index (χ1v) is 12.8. The Morgan fingerprint density at radius 3 is 2.58 bits per heavy atom. The zero-order valence-electron chi connectivity index (χ0n) is 21.6. The van der Waals surface area contributed by atoms with E-state index in [9.17, 15) is 9.18 Å². The summed E-state index contributed by atoms with van der Waals surface area (Å²) >= 11 is 0. The number of methoxy groups -OCH3 is 1. The second-order valence-electron chi connectivity index (χ2n) is 9.71. The fourth-order valence-corrected chi connectivity index (χ4v) is 4.51. The van der Waals surface area contributed by atoms with Crippen molar-refractivity contribution in [2.24, 2.45) is 11.7 Å². The molecule has 0 aliphatic heterocycles. The van der Waals surface area contributed by atoms with Crippen molar-refractivity contribution in [3.8, 4) is 11.4 Å². The average molecular weight is 514 g/mol. The van der Waals surface area contributed by atoms with Gasteiger partial charge in [-0.05, 0) is 91.4 Å². The van der Waals surface area contributed by atoms with E-state index in [1.165, 1.54) is 18.9 Å². The molecule has 4 N–H and O–H groups in total. The number of nitrogens with one attached hydrogen (secondary N) is 2. The summed E-state index contributed by atoms with van der Waals surface area (Å²) in [5.74, 6) is 0.472. The summed E-state index contributed by atoms with van der Waals surface area (Å²) < 4.78 is 21.8. The minimum absolute atomic E-state index is 0.111. The largest absolute Gasteiger partial charge is 0.497 e. The molecule has 196 valence electrons. The van der Waals surface area contributed by atoms with Crippen molar-refractivity contribution in [3.63, 3.8) is 0 Å². The van der Waals surface area contributed by atoms with Crippen molar-refractivity contribution in [2.45, 2.75) is 32.4 Å². The molecule has 1 unspecified atom stereocenters. The number of aryl methyl sites for hydroxylation is 1. The Hall–Kier alpha value is -4.01. The number of nitrogens with two attached hydrogens (primary N) is 1. The second-order valence-corrected chi connectivity index (χ2v) is 9.71. The van der Waals surface area contributed by atoms with Crippen LogP contribution >= 0.6 is 0 Å². The first-order chi connectivity index (χ1) is 18.4. The molecule has 38 heavy (non-hydrogen) atoms. The maximum atomic E-state index is 15.0. The lowest BCUT2D eigenvalue weighted by Crippen LogP contribution is -2.25. The topological polar surface area (TPSA) is 94.2 Å². The predicted octanol–water partition coefficient (Wildman–Crippen LogP) is 5.13. The maximum absolute atomic E-state index is 15.0. The van der Waals surface area contributed by atoms with Crippen LogP contribution in [0.1, 0.15) is 51.8 Å². The molecule has 1 aliphatic carbocycles. The number of aromatic nitrogens is 2. The Morgan fingerprint density at radius 1 is 1.11 bits per heavy atom. The molecule has 0 saturated heterocycles. The molecule has 1 aliphatic rings. The lowest BCUT2D eigenvalue weighted by molar-refractivity contribution is 0.101. The SMILES string of the molecule is COc1ccc(C(NCC2CC2)c2ccc(F)c(NC(=O)c3cc(C)nn3-c3cccc(CN)c3)c2)cc1. The van der Waals surface area contributed by atoms with Gasteiger partial charge in [-0.15, -0.1) is 0 Å². The summed E-state index contributed by atoms with van der Waals surface area (Å²) in [5.41, 5.74) is 10.4. The number of anilines is 1. The van der Waals surface area contributed by atoms with Crippen LogP contribution in [-0.2, 0) is 6.54 Å². The van der Waals surface area contributed by atoms with Crippen LogP contribution in [0.25, 0.3) is 5.69 Å². The van der Waals surface area contributed by atoms with Gasteiger partial charge in [0.1, 0.15) is 17.3 Å².